The topological polar surface area (TPSA) is 37.8 Å². The summed E-state index contributed by atoms with van der Waals surface area (Å²) in [4.78, 5) is 8.54. The Balaban J connectivity index is 1.70. The first-order valence-electron chi connectivity index (χ1n) is 6.49. The third-order valence-corrected chi connectivity index (χ3v) is 3.78. The lowest BCUT2D eigenvalue weighted by Gasteiger charge is -2.10. The lowest BCUT2D eigenvalue weighted by Crippen LogP contribution is -2.06. The van der Waals surface area contributed by atoms with Crippen molar-refractivity contribution in [1.82, 2.24) is 9.97 Å². The van der Waals surface area contributed by atoms with Crippen molar-refractivity contribution in [3.63, 3.8) is 0 Å². The van der Waals surface area contributed by atoms with Gasteiger partial charge in [-0.25, -0.2) is 9.97 Å². The van der Waals surface area contributed by atoms with Gasteiger partial charge in [-0.1, -0.05) is 25.7 Å². The monoisotopic (exact) mass is 297 g/mol. The molecule has 2 rings (SSSR count). The summed E-state index contributed by atoms with van der Waals surface area (Å²) in [6.45, 7) is 2.92. The van der Waals surface area contributed by atoms with E-state index in [2.05, 4.69) is 31.2 Å². The average molecular weight is 298 g/mol. The van der Waals surface area contributed by atoms with Crippen LogP contribution in [-0.4, -0.2) is 16.5 Å². The molecule has 0 spiro atoms. The van der Waals surface area contributed by atoms with Crippen molar-refractivity contribution >= 4 is 21.7 Å². The van der Waals surface area contributed by atoms with Crippen molar-refractivity contribution in [3.05, 3.63) is 16.5 Å². The highest BCUT2D eigenvalue weighted by molar-refractivity contribution is 9.10. The number of hydrogen-bond donors (Lipinski definition) is 1. The Morgan fingerprint density at radius 3 is 2.82 bits per heavy atom. The molecule has 0 aliphatic heterocycles. The van der Waals surface area contributed by atoms with Crippen LogP contribution in [0.15, 0.2) is 10.7 Å². The summed E-state index contributed by atoms with van der Waals surface area (Å²) in [6.07, 6.45) is 8.37. The molecule has 0 unspecified atom stereocenters. The Labute approximate surface area is 112 Å². The Hall–Kier alpha value is -0.640. The van der Waals surface area contributed by atoms with Crippen molar-refractivity contribution in [1.29, 1.82) is 0 Å². The first kappa shape index (κ1) is 12.8. The second kappa shape index (κ2) is 6.34. The first-order valence-corrected chi connectivity index (χ1v) is 7.28. The van der Waals surface area contributed by atoms with E-state index in [9.17, 15) is 0 Å². The largest absolute Gasteiger partial charge is 0.370 e. The quantitative estimate of drug-likeness (QED) is 0.661. The molecule has 1 heterocycles. The molecule has 1 fully saturated rings. The van der Waals surface area contributed by atoms with Crippen molar-refractivity contribution < 1.29 is 0 Å². The molecule has 0 saturated heterocycles. The summed E-state index contributed by atoms with van der Waals surface area (Å²) in [7, 11) is 0. The van der Waals surface area contributed by atoms with E-state index in [0.29, 0.717) is 0 Å². The molecule has 0 atom stereocenters. The van der Waals surface area contributed by atoms with Gasteiger partial charge in [-0.2, -0.15) is 0 Å². The molecule has 1 aromatic heterocycles. The number of hydrogen-bond acceptors (Lipinski definition) is 3. The molecular formula is C13H20BrN3. The van der Waals surface area contributed by atoms with Crippen LogP contribution in [0.4, 0.5) is 5.82 Å². The standard InChI is InChI=1S/C13H20BrN3/c1-10-16-12(14)9-13(17-10)15-8-4-7-11-5-2-3-6-11/h9,11H,2-8H2,1H3,(H,15,16,17). The fourth-order valence-corrected chi connectivity index (χ4v) is 3.00. The van der Waals surface area contributed by atoms with E-state index in [1.165, 1.54) is 38.5 Å². The molecule has 0 radical (unpaired) electrons. The zero-order valence-corrected chi connectivity index (χ0v) is 12.0. The summed E-state index contributed by atoms with van der Waals surface area (Å²) in [5.74, 6) is 2.71. The Bertz CT molecular complexity index is 341. The summed E-state index contributed by atoms with van der Waals surface area (Å²) in [6, 6.07) is 1.93. The third kappa shape index (κ3) is 4.26. The molecule has 4 heteroatoms. The van der Waals surface area contributed by atoms with Gasteiger partial charge in [0.2, 0.25) is 0 Å². The van der Waals surface area contributed by atoms with Gasteiger partial charge < -0.3 is 5.32 Å². The second-order valence-electron chi connectivity index (χ2n) is 4.84. The van der Waals surface area contributed by atoms with Crippen LogP contribution in [0.5, 0.6) is 0 Å². The van der Waals surface area contributed by atoms with Crippen molar-refractivity contribution in [3.8, 4) is 0 Å². The van der Waals surface area contributed by atoms with Gasteiger partial charge in [0.15, 0.2) is 0 Å². The van der Waals surface area contributed by atoms with Crippen LogP contribution in [0.3, 0.4) is 0 Å². The average Bonchev–Trinajstić information content (AvgIpc) is 2.76. The van der Waals surface area contributed by atoms with Crippen LogP contribution in [0.1, 0.15) is 44.3 Å². The van der Waals surface area contributed by atoms with Gasteiger partial charge in [-0.05, 0) is 41.6 Å². The molecule has 0 amide bonds. The highest BCUT2D eigenvalue weighted by Gasteiger charge is 2.13. The van der Waals surface area contributed by atoms with Gasteiger partial charge in [0, 0.05) is 12.6 Å². The number of halogens is 1. The normalized spacial score (nSPS) is 16.4. The summed E-state index contributed by atoms with van der Waals surface area (Å²) < 4.78 is 0.850. The maximum atomic E-state index is 4.35. The highest BCUT2D eigenvalue weighted by Crippen LogP contribution is 2.28. The first-order chi connectivity index (χ1) is 8.24. The third-order valence-electron chi connectivity index (χ3n) is 3.38. The summed E-state index contributed by atoms with van der Waals surface area (Å²) >= 11 is 3.38. The lowest BCUT2D eigenvalue weighted by atomic mass is 10.0. The molecular weight excluding hydrogens is 278 g/mol. The summed E-state index contributed by atoms with van der Waals surface area (Å²) in [5.41, 5.74) is 0. The molecule has 1 saturated carbocycles. The highest BCUT2D eigenvalue weighted by atomic mass is 79.9. The maximum Gasteiger partial charge on any atom is 0.130 e. The number of rotatable bonds is 5. The molecule has 1 aromatic rings. The molecule has 1 aliphatic carbocycles. The van der Waals surface area contributed by atoms with E-state index < -0.39 is 0 Å². The fraction of sp³-hybridized carbons (Fsp3) is 0.692. The predicted molar refractivity (Wildman–Crippen MR) is 74.2 cm³/mol. The van der Waals surface area contributed by atoms with Gasteiger partial charge >= 0.3 is 0 Å². The van der Waals surface area contributed by atoms with E-state index in [-0.39, 0.29) is 0 Å². The van der Waals surface area contributed by atoms with E-state index in [1.807, 2.05) is 13.0 Å². The molecule has 0 aromatic carbocycles. The molecule has 1 aliphatic rings. The SMILES string of the molecule is Cc1nc(Br)cc(NCCCC2CCCC2)n1. The number of aromatic nitrogens is 2. The fourth-order valence-electron chi connectivity index (χ4n) is 2.53. The van der Waals surface area contributed by atoms with Crippen molar-refractivity contribution in [2.45, 2.75) is 45.4 Å². The number of nitrogens with one attached hydrogen (secondary N) is 1. The minimum Gasteiger partial charge on any atom is -0.370 e. The van der Waals surface area contributed by atoms with Crippen LogP contribution < -0.4 is 5.32 Å². The van der Waals surface area contributed by atoms with E-state index in [1.54, 1.807) is 0 Å². The van der Waals surface area contributed by atoms with Crippen molar-refractivity contribution in [2.75, 3.05) is 11.9 Å². The zero-order chi connectivity index (χ0) is 12.1. The van der Waals surface area contributed by atoms with Crippen LogP contribution in [0.25, 0.3) is 0 Å². The lowest BCUT2D eigenvalue weighted by molar-refractivity contribution is 0.491. The van der Waals surface area contributed by atoms with Crippen LogP contribution in [-0.2, 0) is 0 Å². The van der Waals surface area contributed by atoms with Crippen LogP contribution in [0, 0.1) is 12.8 Å². The molecule has 94 valence electrons. The van der Waals surface area contributed by atoms with E-state index >= 15 is 0 Å². The summed E-state index contributed by atoms with van der Waals surface area (Å²) in [5, 5.41) is 3.37. The van der Waals surface area contributed by atoms with Gasteiger partial charge in [0.25, 0.3) is 0 Å². The van der Waals surface area contributed by atoms with Crippen molar-refractivity contribution in [2.24, 2.45) is 5.92 Å². The Morgan fingerprint density at radius 2 is 2.12 bits per heavy atom. The minimum absolute atomic E-state index is 0.803. The molecule has 3 nitrogen and oxygen atoms in total. The molecule has 17 heavy (non-hydrogen) atoms. The maximum absolute atomic E-state index is 4.35. The van der Waals surface area contributed by atoms with E-state index in [4.69, 9.17) is 0 Å². The number of nitrogens with zero attached hydrogens (tertiary/aromatic N) is 2. The molecule has 1 N–H and O–H groups in total. The van der Waals surface area contributed by atoms with E-state index in [0.717, 1.165) is 28.7 Å². The van der Waals surface area contributed by atoms with Gasteiger partial charge in [-0.3, -0.25) is 0 Å². The van der Waals surface area contributed by atoms with Gasteiger partial charge in [0.1, 0.15) is 16.2 Å². The van der Waals surface area contributed by atoms with Gasteiger partial charge in [0.05, 0.1) is 0 Å². The van der Waals surface area contributed by atoms with Crippen LogP contribution in [0.2, 0.25) is 0 Å². The second-order valence-corrected chi connectivity index (χ2v) is 5.66. The Morgan fingerprint density at radius 1 is 1.35 bits per heavy atom. The smallest absolute Gasteiger partial charge is 0.130 e. The van der Waals surface area contributed by atoms with Gasteiger partial charge in [-0.15, -0.1) is 0 Å². The zero-order valence-electron chi connectivity index (χ0n) is 10.4. The Kier molecular flexibility index (Phi) is 4.77. The predicted octanol–water partition coefficient (Wildman–Crippen LogP) is 3.93. The van der Waals surface area contributed by atoms with Crippen LogP contribution >= 0.6 is 15.9 Å². The number of aryl methyl sites for hydroxylation is 1. The number of anilines is 1. The molecule has 0 bridgehead atoms. The minimum atomic E-state index is 0.803.